The van der Waals surface area contributed by atoms with E-state index in [0.29, 0.717) is 36.3 Å². The third kappa shape index (κ3) is 6.69. The van der Waals surface area contributed by atoms with Crippen LogP contribution < -0.4 is 0 Å². The molecule has 0 aromatic heterocycles. The summed E-state index contributed by atoms with van der Waals surface area (Å²) in [7, 11) is 5.99. The first-order valence-electron chi connectivity index (χ1n) is 10.7. The van der Waals surface area contributed by atoms with Crippen molar-refractivity contribution in [3.05, 3.63) is 0 Å². The van der Waals surface area contributed by atoms with Gasteiger partial charge in [-0.2, -0.15) is 0 Å². The number of piperazine rings is 2. The highest BCUT2D eigenvalue weighted by Gasteiger charge is 2.34. The zero-order valence-corrected chi connectivity index (χ0v) is 21.2. The van der Waals surface area contributed by atoms with Crippen molar-refractivity contribution < 1.29 is 0 Å². The highest BCUT2D eigenvalue weighted by molar-refractivity contribution is 9.09. The molecule has 0 aliphatic carbocycles. The predicted molar refractivity (Wildman–Crippen MR) is 127 cm³/mol. The molecular weight excluding hydrogens is 392 g/mol. The molecule has 0 bridgehead atoms. The molecule has 2 rings (SSSR count). The van der Waals surface area contributed by atoms with Gasteiger partial charge < -0.3 is 0 Å². The Morgan fingerprint density at radius 1 is 0.815 bits per heavy atom. The maximum absolute atomic E-state index is 2.73. The average molecular weight is 435 g/mol. The molecule has 0 aromatic carbocycles. The van der Waals surface area contributed by atoms with E-state index >= 15 is 0 Å². The van der Waals surface area contributed by atoms with Gasteiger partial charge in [0.15, 0.2) is 0 Å². The Labute approximate surface area is 180 Å². The van der Waals surface area contributed by atoms with E-state index in [1.165, 1.54) is 38.5 Å². The molecular formula is C20H42N4S3. The van der Waals surface area contributed by atoms with Crippen LogP contribution >= 0.6 is 31.6 Å². The lowest BCUT2D eigenvalue weighted by atomic mass is 10.0. The second-order valence-electron chi connectivity index (χ2n) is 8.91. The molecule has 4 atom stereocenters. The molecule has 1 unspecified atom stereocenters. The molecule has 0 amide bonds. The zero-order valence-electron chi connectivity index (χ0n) is 18.7. The molecule has 0 spiro atoms. The van der Waals surface area contributed by atoms with E-state index in [1.807, 2.05) is 31.6 Å². The summed E-state index contributed by atoms with van der Waals surface area (Å²) >= 11 is 0. The molecule has 160 valence electrons. The number of nitrogens with zero attached hydrogens (tertiary/aromatic N) is 4. The number of hydrogen-bond donors (Lipinski definition) is 0. The molecule has 2 heterocycles. The summed E-state index contributed by atoms with van der Waals surface area (Å²) in [6.07, 6.45) is 0. The molecule has 7 heteroatoms. The van der Waals surface area contributed by atoms with Crippen molar-refractivity contribution in [2.45, 2.75) is 91.6 Å². The summed E-state index contributed by atoms with van der Waals surface area (Å²) in [5.74, 6) is 1.21. The van der Waals surface area contributed by atoms with E-state index in [2.05, 4.69) is 74.4 Å². The van der Waals surface area contributed by atoms with Crippen molar-refractivity contribution in [1.82, 2.24) is 19.0 Å². The Hall–Kier alpha value is 0.890. The second kappa shape index (κ2) is 11.3. The molecule has 2 aliphatic heterocycles. The van der Waals surface area contributed by atoms with Gasteiger partial charge in [0.1, 0.15) is 0 Å². The molecule has 0 aromatic rings. The monoisotopic (exact) mass is 434 g/mol. The van der Waals surface area contributed by atoms with Gasteiger partial charge in [0.25, 0.3) is 0 Å². The predicted octanol–water partition coefficient (Wildman–Crippen LogP) is 4.54. The van der Waals surface area contributed by atoms with Crippen molar-refractivity contribution in [2.24, 2.45) is 0 Å². The van der Waals surface area contributed by atoms with Crippen molar-refractivity contribution in [1.29, 1.82) is 0 Å². The van der Waals surface area contributed by atoms with Crippen molar-refractivity contribution in [3.63, 3.8) is 0 Å². The van der Waals surface area contributed by atoms with Crippen molar-refractivity contribution in [3.8, 4) is 0 Å². The van der Waals surface area contributed by atoms with Crippen LogP contribution in [-0.4, -0.2) is 93.7 Å². The summed E-state index contributed by atoms with van der Waals surface area (Å²) in [4.78, 5) is 7.98. The molecule has 4 nitrogen and oxygen atoms in total. The van der Waals surface area contributed by atoms with Gasteiger partial charge in [-0.1, -0.05) is 10.8 Å². The molecule has 0 radical (unpaired) electrons. The minimum absolute atomic E-state index is 0.638. The molecule has 2 fully saturated rings. The van der Waals surface area contributed by atoms with Crippen LogP contribution in [0.15, 0.2) is 0 Å². The smallest absolute Gasteiger partial charge is 0.0310 e. The standard InChI is InChI=1S/C20H42N4S3/c1-15(2)21-9-12-24(17(5)13-21)26-27-25-14-18(6)23-11-10-22(16(3)4)19(7)20(23)8/h15-20H,9-14H2,1-8H3/t17-,18?,19+,20-/m1/s1. The minimum atomic E-state index is 0.638. The topological polar surface area (TPSA) is 13.0 Å². The van der Waals surface area contributed by atoms with E-state index in [-0.39, 0.29) is 0 Å². The SMILES string of the molecule is CC(C)N1CCN(SSSCC(C)N2CCN(C(C)C)[C@@H](C)[C@H]2C)[C@H](C)C1. The quantitative estimate of drug-likeness (QED) is 0.312. The lowest BCUT2D eigenvalue weighted by Gasteiger charge is -2.49. The summed E-state index contributed by atoms with van der Waals surface area (Å²) in [5.41, 5.74) is 0. The molecule has 0 saturated carbocycles. The highest BCUT2D eigenvalue weighted by Crippen LogP contribution is 2.40. The third-order valence-corrected chi connectivity index (χ3v) is 10.8. The lowest BCUT2D eigenvalue weighted by Crippen LogP contribution is -2.61. The summed E-state index contributed by atoms with van der Waals surface area (Å²) in [5, 5.41) is 0. The van der Waals surface area contributed by atoms with E-state index < -0.39 is 0 Å². The molecule has 2 aliphatic rings. The number of hydrogen-bond acceptors (Lipinski definition) is 7. The molecule has 0 N–H and O–H groups in total. The highest BCUT2D eigenvalue weighted by atomic mass is 33.5. The van der Waals surface area contributed by atoms with Crippen LogP contribution in [0.2, 0.25) is 0 Å². The number of rotatable bonds is 8. The average Bonchev–Trinajstić information content (AvgIpc) is 2.61. The first-order valence-corrected chi connectivity index (χ1v) is 14.3. The van der Waals surface area contributed by atoms with Gasteiger partial charge in [-0.15, -0.1) is 0 Å². The van der Waals surface area contributed by atoms with E-state index in [1.54, 1.807) is 0 Å². The van der Waals surface area contributed by atoms with E-state index in [4.69, 9.17) is 0 Å². The van der Waals surface area contributed by atoms with Crippen LogP contribution in [0.4, 0.5) is 0 Å². The summed E-state index contributed by atoms with van der Waals surface area (Å²) in [6.45, 7) is 24.9. The van der Waals surface area contributed by atoms with Gasteiger partial charge in [-0.3, -0.25) is 14.7 Å². The summed E-state index contributed by atoms with van der Waals surface area (Å²) in [6, 6.07) is 3.89. The molecule has 2 saturated heterocycles. The van der Waals surface area contributed by atoms with Crippen molar-refractivity contribution in [2.75, 3.05) is 38.5 Å². The lowest BCUT2D eigenvalue weighted by molar-refractivity contribution is 0.00230. The van der Waals surface area contributed by atoms with Gasteiger partial charge in [-0.25, -0.2) is 4.31 Å². The Balaban J connectivity index is 1.68. The molecule has 27 heavy (non-hydrogen) atoms. The third-order valence-electron chi connectivity index (χ3n) is 6.40. The normalized spacial score (nSPS) is 31.1. The Morgan fingerprint density at radius 3 is 2.04 bits per heavy atom. The van der Waals surface area contributed by atoms with E-state index in [0.717, 1.165) is 0 Å². The van der Waals surface area contributed by atoms with Crippen LogP contribution in [0.25, 0.3) is 0 Å². The Morgan fingerprint density at radius 2 is 1.44 bits per heavy atom. The maximum atomic E-state index is 2.73. The van der Waals surface area contributed by atoms with Crippen LogP contribution in [-0.2, 0) is 0 Å². The van der Waals surface area contributed by atoms with Crippen LogP contribution in [0.5, 0.6) is 0 Å². The van der Waals surface area contributed by atoms with Gasteiger partial charge in [-0.05, 0) is 65.2 Å². The van der Waals surface area contributed by atoms with Crippen molar-refractivity contribution >= 4 is 31.6 Å². The summed E-state index contributed by atoms with van der Waals surface area (Å²) < 4.78 is 2.58. The van der Waals surface area contributed by atoms with Crippen LogP contribution in [0.3, 0.4) is 0 Å². The van der Waals surface area contributed by atoms with E-state index in [9.17, 15) is 0 Å². The fraction of sp³-hybridized carbons (Fsp3) is 1.00. The van der Waals surface area contributed by atoms with Gasteiger partial charge in [0, 0.05) is 85.7 Å². The Kier molecular flexibility index (Phi) is 10.1. The van der Waals surface area contributed by atoms with Gasteiger partial charge in [0.05, 0.1) is 0 Å². The fourth-order valence-electron chi connectivity index (χ4n) is 4.37. The van der Waals surface area contributed by atoms with Gasteiger partial charge in [0.2, 0.25) is 0 Å². The van der Waals surface area contributed by atoms with Gasteiger partial charge >= 0.3 is 0 Å². The first-order chi connectivity index (χ1) is 12.7. The Bertz CT molecular complexity index is 437. The fourth-order valence-corrected chi connectivity index (χ4v) is 8.69. The second-order valence-corrected chi connectivity index (χ2v) is 13.0. The largest absolute Gasteiger partial charge is 0.298 e. The first kappa shape index (κ1) is 24.2. The van der Waals surface area contributed by atoms with Crippen LogP contribution in [0.1, 0.15) is 55.4 Å². The minimum Gasteiger partial charge on any atom is -0.298 e. The maximum Gasteiger partial charge on any atom is 0.0310 e. The van der Waals surface area contributed by atoms with Crippen LogP contribution in [0, 0.1) is 0 Å². The zero-order chi connectivity index (χ0) is 20.1.